The van der Waals surface area contributed by atoms with Gasteiger partial charge in [-0.05, 0) is 18.7 Å². The summed E-state index contributed by atoms with van der Waals surface area (Å²) < 4.78 is 21.6. The molecule has 0 aromatic rings. The van der Waals surface area contributed by atoms with Crippen molar-refractivity contribution in [3.05, 3.63) is 0 Å². The number of sulfone groups is 1. The Kier molecular flexibility index (Phi) is 7.68. The van der Waals surface area contributed by atoms with Gasteiger partial charge in [-0.2, -0.15) is 11.8 Å². The maximum absolute atomic E-state index is 10.8. The number of hydrogen-bond donors (Lipinski definition) is 1. The van der Waals surface area contributed by atoms with Gasteiger partial charge in [0.1, 0.15) is 9.84 Å². The lowest BCUT2D eigenvalue weighted by Gasteiger charge is -2.06. The summed E-state index contributed by atoms with van der Waals surface area (Å²) in [6.45, 7) is 5.26. The third-order valence-corrected chi connectivity index (χ3v) is 3.89. The van der Waals surface area contributed by atoms with Gasteiger partial charge in [-0.3, -0.25) is 0 Å². The zero-order valence-electron chi connectivity index (χ0n) is 9.25. The largest absolute Gasteiger partial charge is 0.315 e. The lowest BCUT2D eigenvalue weighted by Crippen LogP contribution is -2.24. The fourth-order valence-electron chi connectivity index (χ4n) is 0.877. The molecular formula is C9H21NO2S2. The van der Waals surface area contributed by atoms with Crippen molar-refractivity contribution in [2.45, 2.75) is 26.3 Å². The van der Waals surface area contributed by atoms with Crippen LogP contribution >= 0.6 is 11.8 Å². The van der Waals surface area contributed by atoms with Crippen LogP contribution < -0.4 is 5.32 Å². The van der Waals surface area contributed by atoms with Crippen LogP contribution in [-0.2, 0) is 9.84 Å². The Labute approximate surface area is 92.0 Å². The molecule has 0 rings (SSSR count). The van der Waals surface area contributed by atoms with Crippen LogP contribution in [0.15, 0.2) is 0 Å². The number of hydrogen-bond acceptors (Lipinski definition) is 4. The Bertz CT molecular complexity index is 225. The second kappa shape index (κ2) is 7.54. The highest BCUT2D eigenvalue weighted by molar-refractivity contribution is 8.00. The highest BCUT2D eigenvalue weighted by atomic mass is 32.2. The van der Waals surface area contributed by atoms with Gasteiger partial charge in [0.2, 0.25) is 0 Å². The van der Waals surface area contributed by atoms with Gasteiger partial charge in [-0.25, -0.2) is 8.42 Å². The summed E-state index contributed by atoms with van der Waals surface area (Å²) >= 11 is 1.71. The fraction of sp³-hybridized carbons (Fsp3) is 1.00. The minimum atomic E-state index is -2.77. The first-order valence-corrected chi connectivity index (χ1v) is 8.12. The van der Waals surface area contributed by atoms with Gasteiger partial charge < -0.3 is 5.32 Å². The van der Waals surface area contributed by atoms with Crippen LogP contribution in [0.2, 0.25) is 0 Å². The minimum Gasteiger partial charge on any atom is -0.315 e. The molecule has 86 valence electrons. The van der Waals surface area contributed by atoms with Crippen molar-refractivity contribution in [1.29, 1.82) is 0 Å². The van der Waals surface area contributed by atoms with Crippen LogP contribution in [0.5, 0.6) is 0 Å². The van der Waals surface area contributed by atoms with E-state index in [2.05, 4.69) is 19.2 Å². The first-order valence-electron chi connectivity index (χ1n) is 4.90. The van der Waals surface area contributed by atoms with E-state index in [9.17, 15) is 8.42 Å². The van der Waals surface area contributed by atoms with Gasteiger partial charge in [0.15, 0.2) is 0 Å². The van der Waals surface area contributed by atoms with Crippen LogP contribution in [0.4, 0.5) is 0 Å². The molecule has 14 heavy (non-hydrogen) atoms. The smallest absolute Gasteiger partial charge is 0.148 e. The van der Waals surface area contributed by atoms with Crippen LogP contribution in [-0.4, -0.2) is 44.5 Å². The van der Waals surface area contributed by atoms with Gasteiger partial charge in [-0.1, -0.05) is 13.8 Å². The van der Waals surface area contributed by atoms with E-state index < -0.39 is 9.84 Å². The monoisotopic (exact) mass is 239 g/mol. The van der Waals surface area contributed by atoms with E-state index in [4.69, 9.17) is 0 Å². The molecule has 1 N–H and O–H groups in total. The van der Waals surface area contributed by atoms with Crippen molar-refractivity contribution in [3.63, 3.8) is 0 Å². The molecule has 3 nitrogen and oxygen atoms in total. The zero-order valence-corrected chi connectivity index (χ0v) is 10.9. The summed E-state index contributed by atoms with van der Waals surface area (Å²) in [6.07, 6.45) is 2.39. The Morgan fingerprint density at radius 1 is 1.29 bits per heavy atom. The molecule has 0 aliphatic carbocycles. The Balaban J connectivity index is 3.15. The van der Waals surface area contributed by atoms with Crippen molar-refractivity contribution in [2.75, 3.05) is 30.1 Å². The molecule has 0 bridgehead atoms. The van der Waals surface area contributed by atoms with Gasteiger partial charge in [0.25, 0.3) is 0 Å². The van der Waals surface area contributed by atoms with E-state index in [1.807, 2.05) is 0 Å². The molecule has 0 unspecified atom stereocenters. The van der Waals surface area contributed by atoms with Crippen LogP contribution in [0.3, 0.4) is 0 Å². The molecule has 0 saturated heterocycles. The van der Waals surface area contributed by atoms with Crippen molar-refractivity contribution in [3.8, 4) is 0 Å². The van der Waals surface area contributed by atoms with Crippen LogP contribution in [0, 0.1) is 0 Å². The van der Waals surface area contributed by atoms with Crippen molar-refractivity contribution in [2.24, 2.45) is 0 Å². The molecule has 0 aromatic heterocycles. The second-order valence-electron chi connectivity index (χ2n) is 3.70. The average Bonchev–Trinajstić information content (AvgIpc) is 2.00. The topological polar surface area (TPSA) is 46.2 Å². The maximum Gasteiger partial charge on any atom is 0.148 e. The summed E-state index contributed by atoms with van der Waals surface area (Å²) in [5.41, 5.74) is 0. The van der Waals surface area contributed by atoms with Crippen molar-refractivity contribution < 1.29 is 8.42 Å². The molecule has 0 heterocycles. The summed E-state index contributed by atoms with van der Waals surface area (Å²) in [5.74, 6) is 2.06. The van der Waals surface area contributed by atoms with Gasteiger partial charge >= 0.3 is 0 Å². The molecule has 0 amide bonds. The third kappa shape index (κ3) is 12.3. The van der Waals surface area contributed by atoms with E-state index in [1.54, 1.807) is 11.8 Å². The van der Waals surface area contributed by atoms with E-state index in [0.29, 0.717) is 11.8 Å². The number of nitrogens with one attached hydrogen (secondary N) is 1. The lowest BCUT2D eigenvalue weighted by atomic mass is 10.4. The molecule has 0 aliphatic rings. The molecule has 0 spiro atoms. The second-order valence-corrected chi connectivity index (χ2v) is 7.19. The summed E-state index contributed by atoms with van der Waals surface area (Å²) in [7, 11) is -2.77. The molecule has 0 aliphatic heterocycles. The van der Waals surface area contributed by atoms with Crippen LogP contribution in [0.25, 0.3) is 0 Å². The molecular weight excluding hydrogens is 218 g/mol. The molecule has 0 radical (unpaired) electrons. The normalized spacial score (nSPS) is 12.3. The fourth-order valence-corrected chi connectivity index (χ4v) is 3.11. The highest BCUT2D eigenvalue weighted by Crippen LogP contribution is 2.02. The molecule has 0 saturated carbocycles. The van der Waals surface area contributed by atoms with E-state index in [1.165, 1.54) is 6.26 Å². The van der Waals surface area contributed by atoms with Gasteiger partial charge in [-0.15, -0.1) is 0 Å². The summed E-state index contributed by atoms with van der Waals surface area (Å²) in [5, 5.41) is 3.32. The first-order chi connectivity index (χ1) is 6.42. The van der Waals surface area contributed by atoms with Crippen molar-refractivity contribution >= 4 is 21.6 Å². The standard InChI is InChI=1S/C9H21NO2S2/c1-9(2)10-5-4-6-13-7-8-14(3,11)12/h9-10H,4-8H2,1-3H3. The Morgan fingerprint density at radius 2 is 1.93 bits per heavy atom. The summed E-state index contributed by atoms with van der Waals surface area (Å²) in [6, 6.07) is 0.538. The van der Waals surface area contributed by atoms with E-state index >= 15 is 0 Å². The van der Waals surface area contributed by atoms with Gasteiger partial charge in [0, 0.05) is 18.1 Å². The quantitative estimate of drug-likeness (QED) is 0.646. The third-order valence-electron chi connectivity index (χ3n) is 1.62. The lowest BCUT2D eigenvalue weighted by molar-refractivity contribution is 0.586. The first kappa shape index (κ1) is 14.3. The predicted molar refractivity (Wildman–Crippen MR) is 64.8 cm³/mol. The Morgan fingerprint density at radius 3 is 2.43 bits per heavy atom. The molecule has 0 aromatic carbocycles. The zero-order chi connectivity index (χ0) is 11.0. The summed E-state index contributed by atoms with van der Waals surface area (Å²) in [4.78, 5) is 0. The number of thioether (sulfide) groups is 1. The minimum absolute atomic E-state index is 0.301. The SMILES string of the molecule is CC(C)NCCCSCCS(C)(=O)=O. The number of rotatable bonds is 8. The van der Waals surface area contributed by atoms with Crippen LogP contribution in [0.1, 0.15) is 20.3 Å². The van der Waals surface area contributed by atoms with Gasteiger partial charge in [0.05, 0.1) is 5.75 Å². The maximum atomic E-state index is 10.8. The molecule has 0 atom stereocenters. The average molecular weight is 239 g/mol. The van der Waals surface area contributed by atoms with E-state index in [-0.39, 0.29) is 0 Å². The molecule has 5 heteroatoms. The van der Waals surface area contributed by atoms with E-state index in [0.717, 1.165) is 24.5 Å². The Hall–Kier alpha value is 0.260. The predicted octanol–water partition coefficient (Wildman–Crippen LogP) is 1.15. The highest BCUT2D eigenvalue weighted by Gasteiger charge is 2.00. The molecule has 0 fully saturated rings. The van der Waals surface area contributed by atoms with Crippen molar-refractivity contribution in [1.82, 2.24) is 5.32 Å².